The van der Waals surface area contributed by atoms with Crippen LogP contribution in [0.3, 0.4) is 0 Å². The van der Waals surface area contributed by atoms with Crippen LogP contribution in [0.2, 0.25) is 0 Å². The molecule has 0 aromatic heterocycles. The quantitative estimate of drug-likeness (QED) is 0.751. The fraction of sp³-hybridized carbons (Fsp3) is 0.938. The number of carbonyl (C=O) groups excluding carboxylic acids is 1. The van der Waals surface area contributed by atoms with Crippen LogP contribution in [0.4, 0.5) is 0 Å². The van der Waals surface area contributed by atoms with Crippen LogP contribution >= 0.6 is 0 Å². The largest absolute Gasteiger partial charge is 0.465 e. The molecule has 1 N–H and O–H groups in total. The van der Waals surface area contributed by atoms with Gasteiger partial charge in [-0.3, -0.25) is 4.79 Å². The fourth-order valence-corrected chi connectivity index (χ4v) is 2.97. The SMILES string of the molecule is CCOC(=O)C1(NCC(C)C)CCCC(C(C)C)C1. The molecular formula is C16H31NO2. The molecule has 1 aliphatic rings. The molecule has 2 atom stereocenters. The van der Waals surface area contributed by atoms with Gasteiger partial charge in [0.25, 0.3) is 0 Å². The molecule has 0 spiro atoms. The van der Waals surface area contributed by atoms with Crippen LogP contribution in [0.25, 0.3) is 0 Å². The number of carbonyl (C=O) groups is 1. The first-order chi connectivity index (χ1) is 8.91. The van der Waals surface area contributed by atoms with Crippen LogP contribution in [-0.2, 0) is 9.53 Å². The molecule has 2 unspecified atom stereocenters. The minimum absolute atomic E-state index is 0.0407. The van der Waals surface area contributed by atoms with Gasteiger partial charge in [0.15, 0.2) is 0 Å². The van der Waals surface area contributed by atoms with E-state index in [-0.39, 0.29) is 5.97 Å². The Kier molecular flexibility index (Phi) is 6.31. The third-order valence-corrected chi connectivity index (χ3v) is 4.25. The van der Waals surface area contributed by atoms with Crippen molar-refractivity contribution >= 4 is 5.97 Å². The second-order valence-electron chi connectivity index (χ2n) is 6.68. The Morgan fingerprint density at radius 1 is 1.37 bits per heavy atom. The van der Waals surface area contributed by atoms with E-state index in [0.717, 1.165) is 25.8 Å². The summed E-state index contributed by atoms with van der Waals surface area (Å²) < 4.78 is 5.34. The Balaban J connectivity index is 2.81. The molecule has 0 saturated heterocycles. The topological polar surface area (TPSA) is 38.3 Å². The van der Waals surface area contributed by atoms with E-state index < -0.39 is 5.54 Å². The maximum Gasteiger partial charge on any atom is 0.326 e. The minimum atomic E-state index is -0.437. The molecule has 3 heteroatoms. The highest BCUT2D eigenvalue weighted by Crippen LogP contribution is 2.37. The van der Waals surface area contributed by atoms with Crippen LogP contribution < -0.4 is 5.32 Å². The van der Waals surface area contributed by atoms with Crippen molar-refractivity contribution in [2.24, 2.45) is 17.8 Å². The zero-order valence-electron chi connectivity index (χ0n) is 13.3. The molecule has 3 nitrogen and oxygen atoms in total. The normalized spacial score (nSPS) is 27.8. The molecule has 0 heterocycles. The van der Waals surface area contributed by atoms with E-state index in [2.05, 4.69) is 33.0 Å². The maximum absolute atomic E-state index is 12.4. The Labute approximate surface area is 118 Å². The fourth-order valence-electron chi connectivity index (χ4n) is 2.97. The summed E-state index contributed by atoms with van der Waals surface area (Å²) in [5.74, 6) is 1.76. The zero-order chi connectivity index (χ0) is 14.5. The summed E-state index contributed by atoms with van der Waals surface area (Å²) in [6.07, 6.45) is 4.20. The highest BCUT2D eigenvalue weighted by atomic mass is 16.5. The van der Waals surface area contributed by atoms with Crippen LogP contribution in [0.1, 0.15) is 60.3 Å². The van der Waals surface area contributed by atoms with Gasteiger partial charge in [-0.15, -0.1) is 0 Å². The molecule has 0 aromatic carbocycles. The van der Waals surface area contributed by atoms with Crippen molar-refractivity contribution in [1.29, 1.82) is 0 Å². The third kappa shape index (κ3) is 4.48. The van der Waals surface area contributed by atoms with Gasteiger partial charge in [-0.1, -0.05) is 40.5 Å². The summed E-state index contributed by atoms with van der Waals surface area (Å²) >= 11 is 0. The summed E-state index contributed by atoms with van der Waals surface area (Å²) in [6.45, 7) is 12.1. The molecule has 1 aliphatic carbocycles. The first-order valence-corrected chi connectivity index (χ1v) is 7.83. The van der Waals surface area contributed by atoms with Crippen molar-refractivity contribution in [1.82, 2.24) is 5.32 Å². The smallest absolute Gasteiger partial charge is 0.326 e. The first-order valence-electron chi connectivity index (χ1n) is 7.83. The van der Waals surface area contributed by atoms with Gasteiger partial charge in [0.1, 0.15) is 5.54 Å². The Hall–Kier alpha value is -0.570. The van der Waals surface area contributed by atoms with Gasteiger partial charge in [-0.25, -0.2) is 0 Å². The summed E-state index contributed by atoms with van der Waals surface area (Å²) in [5.41, 5.74) is -0.437. The highest BCUT2D eigenvalue weighted by molar-refractivity contribution is 5.81. The van der Waals surface area contributed by atoms with E-state index in [4.69, 9.17) is 4.74 Å². The van der Waals surface area contributed by atoms with Gasteiger partial charge in [0.2, 0.25) is 0 Å². The Morgan fingerprint density at radius 2 is 2.05 bits per heavy atom. The molecule has 0 bridgehead atoms. The van der Waals surface area contributed by atoms with E-state index in [9.17, 15) is 4.79 Å². The van der Waals surface area contributed by atoms with E-state index in [1.54, 1.807) is 0 Å². The lowest BCUT2D eigenvalue weighted by Gasteiger charge is -2.41. The van der Waals surface area contributed by atoms with Gasteiger partial charge < -0.3 is 10.1 Å². The second-order valence-corrected chi connectivity index (χ2v) is 6.68. The van der Waals surface area contributed by atoms with Crippen molar-refractivity contribution in [3.63, 3.8) is 0 Å². The van der Waals surface area contributed by atoms with Crippen molar-refractivity contribution < 1.29 is 9.53 Å². The monoisotopic (exact) mass is 269 g/mol. The molecule has 0 aromatic rings. The molecule has 1 fully saturated rings. The van der Waals surface area contributed by atoms with Crippen molar-refractivity contribution in [3.05, 3.63) is 0 Å². The van der Waals surface area contributed by atoms with Crippen molar-refractivity contribution in [2.75, 3.05) is 13.2 Å². The number of hydrogen-bond acceptors (Lipinski definition) is 3. The predicted octanol–water partition coefficient (Wildman–Crippen LogP) is 3.38. The molecule has 0 radical (unpaired) electrons. The summed E-state index contributed by atoms with van der Waals surface area (Å²) in [6, 6.07) is 0. The molecule has 1 rings (SSSR count). The number of hydrogen-bond donors (Lipinski definition) is 1. The van der Waals surface area contributed by atoms with Gasteiger partial charge in [-0.05, 0) is 44.1 Å². The summed E-state index contributed by atoms with van der Waals surface area (Å²) in [5, 5.41) is 3.53. The lowest BCUT2D eigenvalue weighted by atomic mass is 9.71. The van der Waals surface area contributed by atoms with Gasteiger partial charge in [-0.2, -0.15) is 0 Å². The highest BCUT2D eigenvalue weighted by Gasteiger charge is 2.44. The lowest BCUT2D eigenvalue weighted by Crippen LogP contribution is -2.57. The predicted molar refractivity (Wildman–Crippen MR) is 79.0 cm³/mol. The number of ether oxygens (including phenoxy) is 1. The first kappa shape index (κ1) is 16.5. The maximum atomic E-state index is 12.4. The molecular weight excluding hydrogens is 238 g/mol. The summed E-state index contributed by atoms with van der Waals surface area (Å²) in [7, 11) is 0. The standard InChI is InChI=1S/C16H31NO2/c1-6-19-15(18)16(17-11-12(2)3)9-7-8-14(10-16)13(4)5/h12-14,17H,6-11H2,1-5H3. The lowest BCUT2D eigenvalue weighted by molar-refractivity contribution is -0.154. The van der Waals surface area contributed by atoms with Crippen LogP contribution in [0.5, 0.6) is 0 Å². The second kappa shape index (κ2) is 7.28. The van der Waals surface area contributed by atoms with Crippen molar-refractivity contribution in [2.45, 2.75) is 65.8 Å². The summed E-state index contributed by atoms with van der Waals surface area (Å²) in [4.78, 5) is 12.4. The van der Waals surface area contributed by atoms with E-state index in [1.807, 2.05) is 6.92 Å². The molecule has 0 amide bonds. The van der Waals surface area contributed by atoms with Gasteiger partial charge in [0, 0.05) is 0 Å². The third-order valence-electron chi connectivity index (χ3n) is 4.25. The van der Waals surface area contributed by atoms with Crippen molar-refractivity contribution in [3.8, 4) is 0 Å². The van der Waals surface area contributed by atoms with E-state index in [1.165, 1.54) is 6.42 Å². The Morgan fingerprint density at radius 3 is 2.58 bits per heavy atom. The number of rotatable bonds is 6. The molecule has 112 valence electrons. The van der Waals surface area contributed by atoms with Gasteiger partial charge >= 0.3 is 5.97 Å². The average Bonchev–Trinajstić information content (AvgIpc) is 2.37. The van der Waals surface area contributed by atoms with E-state index >= 15 is 0 Å². The van der Waals surface area contributed by atoms with E-state index in [0.29, 0.717) is 24.4 Å². The van der Waals surface area contributed by atoms with Gasteiger partial charge in [0.05, 0.1) is 6.61 Å². The Bertz CT molecular complexity index is 288. The van der Waals surface area contributed by atoms with Crippen LogP contribution in [0, 0.1) is 17.8 Å². The zero-order valence-corrected chi connectivity index (χ0v) is 13.3. The molecule has 1 saturated carbocycles. The van der Waals surface area contributed by atoms with Crippen LogP contribution in [-0.4, -0.2) is 24.7 Å². The number of esters is 1. The minimum Gasteiger partial charge on any atom is -0.465 e. The average molecular weight is 269 g/mol. The molecule has 0 aliphatic heterocycles. The van der Waals surface area contributed by atoms with Crippen LogP contribution in [0.15, 0.2) is 0 Å². The number of nitrogens with one attached hydrogen (secondary N) is 1. The molecule has 19 heavy (non-hydrogen) atoms.